The van der Waals surface area contributed by atoms with Crippen molar-refractivity contribution in [1.29, 1.82) is 0 Å². The first-order chi connectivity index (χ1) is 14.4. The van der Waals surface area contributed by atoms with E-state index >= 15 is 0 Å². The Morgan fingerprint density at radius 2 is 1.87 bits per heavy atom. The molecule has 4 aromatic rings. The van der Waals surface area contributed by atoms with Gasteiger partial charge in [0.25, 0.3) is 0 Å². The minimum atomic E-state index is -0.697. The van der Waals surface area contributed by atoms with Gasteiger partial charge in [-0.15, -0.1) is 0 Å². The van der Waals surface area contributed by atoms with Crippen LogP contribution in [0, 0.1) is 24.0 Å². The average Bonchev–Trinajstić information content (AvgIpc) is 3.36. The van der Waals surface area contributed by atoms with E-state index in [0.29, 0.717) is 5.13 Å². The van der Waals surface area contributed by atoms with Crippen molar-refractivity contribution < 1.29 is 14.1 Å². The molecule has 4 rings (SSSR count). The van der Waals surface area contributed by atoms with Gasteiger partial charge in [-0.2, -0.15) is 10.1 Å². The minimum Gasteiger partial charge on any atom is -0.395 e. The molecule has 9 heteroatoms. The Bertz CT molecular complexity index is 1270. The first-order valence-corrected chi connectivity index (χ1v) is 9.79. The molecule has 0 radical (unpaired) electrons. The Kier molecular flexibility index (Phi) is 5.11. The molecule has 0 N–H and O–H groups in total. The van der Waals surface area contributed by atoms with Gasteiger partial charge >= 0.3 is 11.8 Å². The first kappa shape index (κ1) is 19.5. The number of hydrazone groups is 1. The Balaban J connectivity index is 1.75. The Morgan fingerprint density at radius 1 is 1.13 bits per heavy atom. The van der Waals surface area contributed by atoms with Crippen LogP contribution in [0.5, 0.6) is 0 Å². The van der Waals surface area contributed by atoms with E-state index in [1.54, 1.807) is 0 Å². The highest BCUT2D eigenvalue weighted by molar-refractivity contribution is 7.22. The zero-order valence-corrected chi connectivity index (χ0v) is 16.9. The summed E-state index contributed by atoms with van der Waals surface area (Å²) >= 11 is 1.30. The fraction of sp³-hybridized carbons (Fsp3) is 0.0952. The smallest absolute Gasteiger partial charge is 0.395 e. The van der Waals surface area contributed by atoms with Crippen LogP contribution in [0.4, 0.5) is 11.0 Å². The van der Waals surface area contributed by atoms with Crippen LogP contribution >= 0.6 is 11.3 Å². The second-order valence-electron chi connectivity index (χ2n) is 6.63. The van der Waals surface area contributed by atoms with E-state index in [1.165, 1.54) is 23.6 Å². The van der Waals surface area contributed by atoms with E-state index in [0.717, 1.165) is 38.0 Å². The zero-order chi connectivity index (χ0) is 21.3. The number of nitro groups is 1. The van der Waals surface area contributed by atoms with Gasteiger partial charge in [0, 0.05) is 0 Å². The summed E-state index contributed by atoms with van der Waals surface area (Å²) in [7, 11) is 0. The van der Waals surface area contributed by atoms with Crippen molar-refractivity contribution >= 4 is 44.7 Å². The predicted octanol–water partition coefficient (Wildman–Crippen LogP) is 5.10. The van der Waals surface area contributed by atoms with E-state index in [2.05, 4.69) is 10.1 Å². The van der Waals surface area contributed by atoms with Crippen LogP contribution in [0.3, 0.4) is 0 Å². The van der Waals surface area contributed by atoms with Gasteiger partial charge in [0.1, 0.15) is 4.92 Å². The van der Waals surface area contributed by atoms with Gasteiger partial charge in [-0.1, -0.05) is 47.2 Å². The van der Waals surface area contributed by atoms with Gasteiger partial charge in [-0.25, -0.2) is 4.98 Å². The number of aromatic nitrogens is 1. The highest BCUT2D eigenvalue weighted by Gasteiger charge is 2.26. The molecule has 8 nitrogen and oxygen atoms in total. The van der Waals surface area contributed by atoms with Crippen molar-refractivity contribution in [2.45, 2.75) is 13.8 Å². The molecule has 0 aliphatic rings. The fourth-order valence-corrected chi connectivity index (χ4v) is 3.74. The van der Waals surface area contributed by atoms with Crippen LogP contribution in [0.15, 0.2) is 64.1 Å². The lowest BCUT2D eigenvalue weighted by molar-refractivity contribution is -0.402. The first-order valence-electron chi connectivity index (χ1n) is 8.97. The number of fused-ring (bicyclic) bond motifs is 1. The number of hydrogen-bond donors (Lipinski definition) is 0. The normalized spacial score (nSPS) is 11.3. The molecular weight excluding hydrogens is 404 g/mol. The van der Waals surface area contributed by atoms with Crippen LogP contribution in [-0.2, 0) is 0 Å². The molecule has 0 saturated heterocycles. The van der Waals surface area contributed by atoms with Gasteiger partial charge < -0.3 is 4.42 Å². The molecule has 0 unspecified atom stereocenters. The van der Waals surface area contributed by atoms with Crippen molar-refractivity contribution in [2.24, 2.45) is 5.10 Å². The Labute approximate surface area is 175 Å². The summed E-state index contributed by atoms with van der Waals surface area (Å²) in [6.07, 6.45) is 1.53. The largest absolute Gasteiger partial charge is 0.433 e. The highest BCUT2D eigenvalue weighted by Crippen LogP contribution is 2.31. The van der Waals surface area contributed by atoms with Crippen LogP contribution in [0.25, 0.3) is 10.2 Å². The number of rotatable bonds is 5. The van der Waals surface area contributed by atoms with E-state index in [4.69, 9.17) is 4.42 Å². The number of furan rings is 1. The lowest BCUT2D eigenvalue weighted by Crippen LogP contribution is -2.25. The third kappa shape index (κ3) is 3.96. The monoisotopic (exact) mass is 420 g/mol. The number of hydrogen-bond acceptors (Lipinski definition) is 7. The van der Waals surface area contributed by atoms with Crippen molar-refractivity contribution in [3.05, 3.63) is 87.2 Å². The van der Waals surface area contributed by atoms with Crippen LogP contribution in [0.2, 0.25) is 0 Å². The summed E-state index contributed by atoms with van der Waals surface area (Å²) in [5.41, 5.74) is 3.69. The number of carbonyl (C=O) groups excluding carboxylic acids is 1. The third-order valence-electron chi connectivity index (χ3n) is 4.29. The van der Waals surface area contributed by atoms with E-state index in [1.807, 2.05) is 56.3 Å². The van der Waals surface area contributed by atoms with Gasteiger partial charge in [-0.3, -0.25) is 14.9 Å². The molecule has 0 atom stereocenters. The van der Waals surface area contributed by atoms with Crippen LogP contribution in [0.1, 0.15) is 27.2 Å². The molecule has 30 heavy (non-hydrogen) atoms. The van der Waals surface area contributed by atoms with Crippen LogP contribution in [-0.4, -0.2) is 22.0 Å². The van der Waals surface area contributed by atoms with Gasteiger partial charge in [0.2, 0.25) is 10.9 Å². The van der Waals surface area contributed by atoms with Crippen LogP contribution < -0.4 is 5.01 Å². The molecule has 0 bridgehead atoms. The summed E-state index contributed by atoms with van der Waals surface area (Å²) in [6, 6.07) is 15.8. The number of anilines is 1. The molecule has 0 spiro atoms. The molecule has 2 aromatic heterocycles. The molecule has 0 fully saturated rings. The summed E-state index contributed by atoms with van der Waals surface area (Å²) < 4.78 is 5.98. The van der Waals surface area contributed by atoms with Gasteiger partial charge in [-0.05, 0) is 43.2 Å². The summed E-state index contributed by atoms with van der Waals surface area (Å²) in [6.45, 7) is 3.95. The maximum absolute atomic E-state index is 13.1. The van der Waals surface area contributed by atoms with Crippen molar-refractivity contribution in [2.75, 3.05) is 5.01 Å². The number of thiazole rings is 1. The van der Waals surface area contributed by atoms with E-state index in [-0.39, 0.29) is 5.76 Å². The third-order valence-corrected chi connectivity index (χ3v) is 5.28. The maximum atomic E-state index is 13.1. The number of benzene rings is 2. The molecular formula is C21H16N4O4S. The fourth-order valence-electron chi connectivity index (χ4n) is 2.72. The Hall–Kier alpha value is -3.85. The molecule has 0 aliphatic heterocycles. The number of amides is 1. The number of aryl methyl sites for hydroxylation is 2. The van der Waals surface area contributed by atoms with Crippen molar-refractivity contribution in [3.8, 4) is 0 Å². The Morgan fingerprint density at radius 3 is 2.57 bits per heavy atom. The maximum Gasteiger partial charge on any atom is 0.433 e. The van der Waals surface area contributed by atoms with E-state index in [9.17, 15) is 14.9 Å². The SMILES string of the molecule is Cc1ccc(/C=N/N(C(=O)c2ccc([N+](=O)[O-])o2)c2nc3ccc(C)cc3s2)cc1. The van der Waals surface area contributed by atoms with Crippen molar-refractivity contribution in [3.63, 3.8) is 0 Å². The average molecular weight is 420 g/mol. The van der Waals surface area contributed by atoms with E-state index < -0.39 is 16.7 Å². The summed E-state index contributed by atoms with van der Waals surface area (Å²) in [4.78, 5) is 27.8. The zero-order valence-electron chi connectivity index (χ0n) is 16.1. The van der Waals surface area contributed by atoms with Gasteiger partial charge in [0.15, 0.2) is 0 Å². The lowest BCUT2D eigenvalue weighted by atomic mass is 10.2. The summed E-state index contributed by atoms with van der Waals surface area (Å²) in [5, 5.41) is 16.7. The molecule has 1 amide bonds. The minimum absolute atomic E-state index is 0.196. The number of carbonyl (C=O) groups is 1. The predicted molar refractivity (Wildman–Crippen MR) is 115 cm³/mol. The molecule has 0 aliphatic carbocycles. The highest BCUT2D eigenvalue weighted by atomic mass is 32.1. The lowest BCUT2D eigenvalue weighted by Gasteiger charge is -2.11. The topological polar surface area (TPSA) is 102 Å². The standard InChI is InChI=1S/C21H16N4O4S/c1-13-3-6-15(7-4-13)12-22-24(20(26)17-9-10-19(29-17)25(27)28)21-23-16-8-5-14(2)11-18(16)30-21/h3-12H,1-2H3/b22-12+. The quantitative estimate of drug-likeness (QED) is 0.254. The number of nitrogens with zero attached hydrogens (tertiary/aromatic N) is 4. The molecule has 2 aromatic carbocycles. The molecule has 150 valence electrons. The summed E-state index contributed by atoms with van der Waals surface area (Å²) in [5.74, 6) is -1.36. The van der Waals surface area contributed by atoms with Gasteiger partial charge in [0.05, 0.1) is 22.5 Å². The second kappa shape index (κ2) is 7.88. The van der Waals surface area contributed by atoms with Crippen molar-refractivity contribution in [1.82, 2.24) is 4.98 Å². The second-order valence-corrected chi connectivity index (χ2v) is 7.64. The molecule has 2 heterocycles. The molecule has 0 saturated carbocycles.